The van der Waals surface area contributed by atoms with Crippen molar-refractivity contribution in [2.24, 2.45) is 0 Å². The van der Waals surface area contributed by atoms with Crippen LogP contribution in [0.5, 0.6) is 0 Å². The van der Waals surface area contributed by atoms with Gasteiger partial charge in [0, 0.05) is 25.8 Å². The topological polar surface area (TPSA) is 67.4 Å². The first-order valence-electron chi connectivity index (χ1n) is 7.90. The van der Waals surface area contributed by atoms with E-state index in [0.29, 0.717) is 18.7 Å². The molecule has 1 unspecified atom stereocenters. The number of nitrogens with one attached hydrogen (secondary N) is 2. The molecule has 0 spiro atoms. The van der Waals surface area contributed by atoms with Gasteiger partial charge in [-0.05, 0) is 24.1 Å². The molecular formula is C19H22N2O3. The second-order valence-electron chi connectivity index (χ2n) is 5.32. The zero-order chi connectivity index (χ0) is 17.2. The Morgan fingerprint density at radius 2 is 1.62 bits per heavy atom. The second kappa shape index (κ2) is 9.47. The molecule has 0 aliphatic heterocycles. The van der Waals surface area contributed by atoms with Crippen LogP contribution in [0.2, 0.25) is 0 Å². The summed E-state index contributed by atoms with van der Waals surface area (Å²) in [7, 11) is 1.62. The second-order valence-corrected chi connectivity index (χ2v) is 5.32. The predicted molar refractivity (Wildman–Crippen MR) is 92.6 cm³/mol. The van der Waals surface area contributed by atoms with Gasteiger partial charge in [0.25, 0.3) is 5.91 Å². The van der Waals surface area contributed by atoms with Crippen LogP contribution in [0.25, 0.3) is 0 Å². The average molecular weight is 326 g/mol. The van der Waals surface area contributed by atoms with Gasteiger partial charge in [0.1, 0.15) is 6.04 Å². The number of amides is 2. The standard InChI is InChI=1S/C19H22N2O3/c1-24-14-8-13-20-19(23)17(15-9-4-2-5-10-15)21-18(22)16-11-6-3-7-12-16/h2-7,9-12,17H,8,13-14H2,1H3,(H,20,23)(H,21,22). The van der Waals surface area contributed by atoms with Crippen LogP contribution in [-0.2, 0) is 9.53 Å². The van der Waals surface area contributed by atoms with Crippen molar-refractivity contribution in [3.8, 4) is 0 Å². The number of ether oxygens (including phenoxy) is 1. The van der Waals surface area contributed by atoms with Crippen molar-refractivity contribution < 1.29 is 14.3 Å². The molecule has 2 rings (SSSR count). The molecule has 24 heavy (non-hydrogen) atoms. The fraction of sp³-hybridized carbons (Fsp3) is 0.263. The zero-order valence-corrected chi connectivity index (χ0v) is 13.7. The highest BCUT2D eigenvalue weighted by atomic mass is 16.5. The van der Waals surface area contributed by atoms with Gasteiger partial charge in [0.2, 0.25) is 5.91 Å². The number of methoxy groups -OCH3 is 1. The van der Waals surface area contributed by atoms with Crippen LogP contribution in [0, 0.1) is 0 Å². The Hall–Kier alpha value is -2.66. The summed E-state index contributed by atoms with van der Waals surface area (Å²) >= 11 is 0. The molecule has 0 saturated heterocycles. The minimum Gasteiger partial charge on any atom is -0.385 e. The molecular weight excluding hydrogens is 304 g/mol. The van der Waals surface area contributed by atoms with E-state index in [1.54, 1.807) is 31.4 Å². The molecule has 0 fully saturated rings. The molecule has 0 aliphatic carbocycles. The number of carbonyl (C=O) groups excluding carboxylic acids is 2. The normalized spacial score (nSPS) is 11.5. The smallest absolute Gasteiger partial charge is 0.252 e. The molecule has 0 aromatic heterocycles. The van der Waals surface area contributed by atoms with E-state index in [0.717, 1.165) is 12.0 Å². The van der Waals surface area contributed by atoms with E-state index >= 15 is 0 Å². The lowest BCUT2D eigenvalue weighted by Gasteiger charge is -2.19. The number of carbonyl (C=O) groups is 2. The monoisotopic (exact) mass is 326 g/mol. The minimum atomic E-state index is -0.735. The Bertz CT molecular complexity index is 644. The van der Waals surface area contributed by atoms with Crippen LogP contribution in [0.1, 0.15) is 28.4 Å². The van der Waals surface area contributed by atoms with Gasteiger partial charge in [0.15, 0.2) is 0 Å². The molecule has 5 nitrogen and oxygen atoms in total. The third kappa shape index (κ3) is 5.21. The Balaban J connectivity index is 2.08. The van der Waals surface area contributed by atoms with Gasteiger partial charge in [-0.15, -0.1) is 0 Å². The van der Waals surface area contributed by atoms with Gasteiger partial charge in [-0.2, -0.15) is 0 Å². The van der Waals surface area contributed by atoms with E-state index in [-0.39, 0.29) is 11.8 Å². The molecule has 1 atom stereocenters. The Morgan fingerprint density at radius 1 is 1.00 bits per heavy atom. The summed E-state index contributed by atoms with van der Waals surface area (Å²) < 4.78 is 4.97. The molecule has 2 aromatic rings. The fourth-order valence-corrected chi connectivity index (χ4v) is 2.28. The van der Waals surface area contributed by atoms with Crippen molar-refractivity contribution in [2.45, 2.75) is 12.5 Å². The van der Waals surface area contributed by atoms with Gasteiger partial charge in [-0.1, -0.05) is 48.5 Å². The van der Waals surface area contributed by atoms with E-state index < -0.39 is 6.04 Å². The Labute approximate surface area is 142 Å². The number of hydrogen-bond acceptors (Lipinski definition) is 3. The number of benzene rings is 2. The number of rotatable bonds is 8. The largest absolute Gasteiger partial charge is 0.385 e. The summed E-state index contributed by atoms with van der Waals surface area (Å²) in [4.78, 5) is 24.9. The van der Waals surface area contributed by atoms with Crippen LogP contribution in [0.3, 0.4) is 0 Å². The van der Waals surface area contributed by atoms with E-state index in [1.807, 2.05) is 36.4 Å². The molecule has 2 aromatic carbocycles. The summed E-state index contributed by atoms with van der Waals surface area (Å²) in [6, 6.07) is 17.3. The first-order chi connectivity index (χ1) is 11.7. The molecule has 5 heteroatoms. The van der Waals surface area contributed by atoms with Gasteiger partial charge < -0.3 is 15.4 Å². The lowest BCUT2D eigenvalue weighted by atomic mass is 10.1. The maximum atomic E-state index is 12.5. The molecule has 2 amide bonds. The highest BCUT2D eigenvalue weighted by Gasteiger charge is 2.22. The van der Waals surface area contributed by atoms with Crippen LogP contribution in [0.15, 0.2) is 60.7 Å². The van der Waals surface area contributed by atoms with Crippen LogP contribution in [-0.4, -0.2) is 32.1 Å². The first kappa shape index (κ1) is 17.7. The molecule has 2 N–H and O–H groups in total. The summed E-state index contributed by atoms with van der Waals surface area (Å²) in [6.45, 7) is 1.07. The zero-order valence-electron chi connectivity index (χ0n) is 13.7. The van der Waals surface area contributed by atoms with E-state index in [2.05, 4.69) is 10.6 Å². The SMILES string of the molecule is COCCCNC(=O)C(NC(=O)c1ccccc1)c1ccccc1. The highest BCUT2D eigenvalue weighted by molar-refractivity contribution is 5.97. The third-order valence-corrected chi connectivity index (χ3v) is 3.53. The van der Waals surface area contributed by atoms with E-state index in [4.69, 9.17) is 4.74 Å². The van der Waals surface area contributed by atoms with Crippen LogP contribution in [0.4, 0.5) is 0 Å². The molecule has 126 valence electrons. The van der Waals surface area contributed by atoms with Crippen molar-refractivity contribution in [1.29, 1.82) is 0 Å². The van der Waals surface area contributed by atoms with Crippen molar-refractivity contribution in [3.05, 3.63) is 71.8 Å². The highest BCUT2D eigenvalue weighted by Crippen LogP contribution is 2.14. The van der Waals surface area contributed by atoms with Crippen molar-refractivity contribution in [1.82, 2.24) is 10.6 Å². The van der Waals surface area contributed by atoms with Crippen LogP contribution < -0.4 is 10.6 Å². The Kier molecular flexibility index (Phi) is 6.98. The first-order valence-corrected chi connectivity index (χ1v) is 7.90. The molecule has 0 heterocycles. The maximum Gasteiger partial charge on any atom is 0.252 e. The molecule has 0 bridgehead atoms. The fourth-order valence-electron chi connectivity index (χ4n) is 2.28. The van der Waals surface area contributed by atoms with Gasteiger partial charge in [0.05, 0.1) is 0 Å². The summed E-state index contributed by atoms with van der Waals surface area (Å²) in [5.74, 6) is -0.516. The lowest BCUT2D eigenvalue weighted by Crippen LogP contribution is -2.40. The van der Waals surface area contributed by atoms with Crippen molar-refractivity contribution in [3.63, 3.8) is 0 Å². The minimum absolute atomic E-state index is 0.235. The maximum absolute atomic E-state index is 12.5. The van der Waals surface area contributed by atoms with E-state index in [9.17, 15) is 9.59 Å². The third-order valence-electron chi connectivity index (χ3n) is 3.53. The van der Waals surface area contributed by atoms with E-state index in [1.165, 1.54) is 0 Å². The predicted octanol–water partition coefficient (Wildman–Crippen LogP) is 2.31. The van der Waals surface area contributed by atoms with Gasteiger partial charge in [-0.3, -0.25) is 9.59 Å². The summed E-state index contributed by atoms with van der Waals surface area (Å²) in [6.07, 6.45) is 0.719. The average Bonchev–Trinajstić information content (AvgIpc) is 2.64. The Morgan fingerprint density at radius 3 is 2.25 bits per heavy atom. The lowest BCUT2D eigenvalue weighted by molar-refractivity contribution is -0.123. The summed E-state index contributed by atoms with van der Waals surface area (Å²) in [5.41, 5.74) is 1.26. The van der Waals surface area contributed by atoms with Crippen molar-refractivity contribution in [2.75, 3.05) is 20.3 Å². The number of hydrogen-bond donors (Lipinski definition) is 2. The molecule has 0 saturated carbocycles. The van der Waals surface area contributed by atoms with Crippen LogP contribution >= 0.6 is 0 Å². The van der Waals surface area contributed by atoms with Gasteiger partial charge in [-0.25, -0.2) is 0 Å². The summed E-state index contributed by atoms with van der Waals surface area (Å²) in [5, 5.41) is 5.65. The molecule has 0 radical (unpaired) electrons. The van der Waals surface area contributed by atoms with Gasteiger partial charge >= 0.3 is 0 Å². The molecule has 0 aliphatic rings. The quantitative estimate of drug-likeness (QED) is 0.732. The van der Waals surface area contributed by atoms with Crippen molar-refractivity contribution >= 4 is 11.8 Å².